The summed E-state index contributed by atoms with van der Waals surface area (Å²) in [6.45, 7) is 5.73. The molecule has 3 amide bonds. The van der Waals surface area contributed by atoms with Crippen molar-refractivity contribution in [2.24, 2.45) is 5.73 Å². The number of carbonyl (C=O) groups excluding carboxylic acids is 4. The molecular formula is C31H40F3N7O4S. The summed E-state index contributed by atoms with van der Waals surface area (Å²) >= 11 is 1.15. The number of hydrogen-bond acceptors (Lipinski definition) is 8. The lowest BCUT2D eigenvalue weighted by atomic mass is 9.99. The molecule has 0 bridgehead atoms. The number of carbonyl (C=O) groups is 4. The quantitative estimate of drug-likeness (QED) is 0.292. The number of likely N-dealkylation sites (tertiary alicyclic amines) is 2. The maximum absolute atomic E-state index is 14.0. The number of benzene rings is 1. The zero-order valence-corrected chi connectivity index (χ0v) is 26.7. The Morgan fingerprint density at radius 1 is 1.02 bits per heavy atom. The summed E-state index contributed by atoms with van der Waals surface area (Å²) in [5.74, 6) is -1.62. The van der Waals surface area contributed by atoms with Crippen LogP contribution in [0.2, 0.25) is 0 Å². The van der Waals surface area contributed by atoms with Crippen molar-refractivity contribution in [2.75, 3.05) is 51.6 Å². The van der Waals surface area contributed by atoms with Crippen LogP contribution < -0.4 is 11.1 Å². The van der Waals surface area contributed by atoms with Gasteiger partial charge in [0.05, 0.1) is 24.3 Å². The van der Waals surface area contributed by atoms with Gasteiger partial charge in [-0.3, -0.25) is 28.8 Å². The van der Waals surface area contributed by atoms with Crippen LogP contribution in [0.5, 0.6) is 0 Å². The molecule has 3 aliphatic rings. The number of ketones is 1. The van der Waals surface area contributed by atoms with Crippen molar-refractivity contribution >= 4 is 35.3 Å². The van der Waals surface area contributed by atoms with Gasteiger partial charge in [-0.05, 0) is 50.9 Å². The number of alkyl halides is 3. The van der Waals surface area contributed by atoms with Gasteiger partial charge in [-0.25, -0.2) is 0 Å². The number of aromatic nitrogens is 2. The Labute approximate surface area is 270 Å². The predicted molar refractivity (Wildman–Crippen MR) is 166 cm³/mol. The van der Waals surface area contributed by atoms with E-state index in [2.05, 4.69) is 10.2 Å². The number of nitrogens with two attached hydrogens (primary N) is 1. The number of primary amides is 1. The van der Waals surface area contributed by atoms with E-state index in [-0.39, 0.29) is 48.8 Å². The molecule has 5 rings (SSSR count). The van der Waals surface area contributed by atoms with Crippen molar-refractivity contribution in [2.45, 2.75) is 69.2 Å². The standard InChI is InChI=1S/C31H40F3N7O4S/c1-20(42)36-22-6-11-39(12-7-22)17-23(43)18-41-26-8-13-40(30(45)29(35)44)19-24(26)28(37-41)21-4-5-25(31(32,33)34)27(16-21)46-15-14-38-9-2-3-10-38/h4-5,16,22H,2-3,6-15,17-19H2,1H3,(H2,35,44)(H,36,42). The molecule has 0 atom stereocenters. The number of fused-ring (bicyclic) bond motifs is 1. The van der Waals surface area contributed by atoms with Gasteiger partial charge in [0.1, 0.15) is 6.54 Å². The fourth-order valence-electron chi connectivity index (χ4n) is 6.49. The molecule has 11 nitrogen and oxygen atoms in total. The number of Topliss-reactive ketones (excluding diaryl/α,β-unsaturated/α-hetero) is 1. The van der Waals surface area contributed by atoms with E-state index < -0.39 is 23.6 Å². The first-order valence-corrected chi connectivity index (χ1v) is 16.6. The summed E-state index contributed by atoms with van der Waals surface area (Å²) in [4.78, 5) is 54.5. The minimum Gasteiger partial charge on any atom is -0.361 e. The number of hydrogen-bond donors (Lipinski definition) is 2. The molecule has 4 heterocycles. The third-order valence-electron chi connectivity index (χ3n) is 8.78. The van der Waals surface area contributed by atoms with Crippen LogP contribution in [-0.4, -0.2) is 106 Å². The zero-order chi connectivity index (χ0) is 33.0. The normalized spacial score (nSPS) is 18.0. The highest BCUT2D eigenvalue weighted by atomic mass is 32.2. The number of nitrogens with zero attached hydrogens (tertiary/aromatic N) is 5. The van der Waals surface area contributed by atoms with Crippen LogP contribution in [0.15, 0.2) is 23.1 Å². The van der Waals surface area contributed by atoms with E-state index in [1.807, 2.05) is 4.90 Å². The highest BCUT2D eigenvalue weighted by Crippen LogP contribution is 2.40. The van der Waals surface area contributed by atoms with E-state index in [9.17, 15) is 32.3 Å². The molecule has 0 saturated carbocycles. The number of nitrogens with one attached hydrogen (secondary N) is 1. The number of amides is 3. The van der Waals surface area contributed by atoms with Crippen LogP contribution >= 0.6 is 11.8 Å². The molecular weight excluding hydrogens is 623 g/mol. The Kier molecular flexibility index (Phi) is 10.7. The lowest BCUT2D eigenvalue weighted by Gasteiger charge is -2.31. The van der Waals surface area contributed by atoms with Crippen LogP contribution in [0.4, 0.5) is 13.2 Å². The second-order valence-corrected chi connectivity index (χ2v) is 13.3. The van der Waals surface area contributed by atoms with E-state index in [4.69, 9.17) is 10.8 Å². The first kappa shape index (κ1) is 33.9. The van der Waals surface area contributed by atoms with Gasteiger partial charge in [0.2, 0.25) is 5.91 Å². The Bertz CT molecular complexity index is 1470. The minimum absolute atomic E-state index is 0.00422. The monoisotopic (exact) mass is 663 g/mol. The van der Waals surface area contributed by atoms with E-state index in [1.165, 1.54) is 24.0 Å². The molecule has 3 N–H and O–H groups in total. The van der Waals surface area contributed by atoms with Crippen molar-refractivity contribution in [3.63, 3.8) is 0 Å². The third-order valence-corrected chi connectivity index (χ3v) is 9.81. The molecule has 2 fully saturated rings. The Hall–Kier alpha value is -3.43. The van der Waals surface area contributed by atoms with Gasteiger partial charge in [0.25, 0.3) is 0 Å². The van der Waals surface area contributed by atoms with E-state index in [0.29, 0.717) is 54.3 Å². The lowest BCUT2D eigenvalue weighted by molar-refractivity contribution is -0.144. The Morgan fingerprint density at radius 2 is 1.74 bits per heavy atom. The SMILES string of the molecule is CC(=O)NC1CCN(CC(=O)Cn2nc(-c3ccc(C(F)(F)F)c(SCCN4CCCC4)c3)c3c2CCN(C(=O)C(N)=O)C3)CC1. The summed E-state index contributed by atoms with van der Waals surface area (Å²) in [5, 5.41) is 7.65. The maximum Gasteiger partial charge on any atom is 0.417 e. The van der Waals surface area contributed by atoms with Crippen molar-refractivity contribution in [3.8, 4) is 11.3 Å². The molecule has 0 spiro atoms. The summed E-state index contributed by atoms with van der Waals surface area (Å²) in [6.07, 6.45) is -0.572. The zero-order valence-electron chi connectivity index (χ0n) is 25.9. The molecule has 0 unspecified atom stereocenters. The Balaban J connectivity index is 1.39. The van der Waals surface area contributed by atoms with Gasteiger partial charge in [-0.15, -0.1) is 11.8 Å². The molecule has 1 aromatic heterocycles. The molecule has 1 aromatic carbocycles. The summed E-state index contributed by atoms with van der Waals surface area (Å²) in [6, 6.07) is 4.00. The average Bonchev–Trinajstić information content (AvgIpc) is 3.65. The predicted octanol–water partition coefficient (Wildman–Crippen LogP) is 2.30. The van der Waals surface area contributed by atoms with Gasteiger partial charge >= 0.3 is 18.0 Å². The van der Waals surface area contributed by atoms with Gasteiger partial charge in [-0.2, -0.15) is 18.3 Å². The largest absolute Gasteiger partial charge is 0.417 e. The summed E-state index contributed by atoms with van der Waals surface area (Å²) < 4.78 is 43.7. The second-order valence-electron chi connectivity index (χ2n) is 12.2. The lowest BCUT2D eigenvalue weighted by Crippen LogP contribution is -2.45. The van der Waals surface area contributed by atoms with E-state index in [0.717, 1.165) is 56.6 Å². The topological polar surface area (TPSA) is 134 Å². The van der Waals surface area contributed by atoms with Crippen molar-refractivity contribution in [1.29, 1.82) is 0 Å². The van der Waals surface area contributed by atoms with Crippen molar-refractivity contribution in [1.82, 2.24) is 29.8 Å². The fraction of sp³-hybridized carbons (Fsp3) is 0.581. The van der Waals surface area contributed by atoms with Gasteiger partial charge in [-0.1, -0.05) is 6.07 Å². The number of rotatable bonds is 10. The molecule has 0 radical (unpaired) electrons. The van der Waals surface area contributed by atoms with Crippen LogP contribution in [0.1, 0.15) is 49.4 Å². The fourth-order valence-corrected chi connectivity index (χ4v) is 7.61. The third kappa shape index (κ3) is 8.28. The summed E-state index contributed by atoms with van der Waals surface area (Å²) in [7, 11) is 0. The van der Waals surface area contributed by atoms with Crippen LogP contribution in [0.25, 0.3) is 11.3 Å². The van der Waals surface area contributed by atoms with E-state index >= 15 is 0 Å². The highest BCUT2D eigenvalue weighted by molar-refractivity contribution is 7.99. The summed E-state index contributed by atoms with van der Waals surface area (Å²) in [5.41, 5.74) is 6.63. The van der Waals surface area contributed by atoms with Gasteiger partial charge in [0, 0.05) is 73.0 Å². The number of halogens is 3. The second kappa shape index (κ2) is 14.6. The minimum atomic E-state index is -4.54. The van der Waals surface area contributed by atoms with Crippen molar-refractivity contribution < 1.29 is 32.3 Å². The van der Waals surface area contributed by atoms with Crippen LogP contribution in [0, 0.1) is 0 Å². The molecule has 3 aliphatic heterocycles. The number of piperidine rings is 1. The average molecular weight is 664 g/mol. The molecule has 250 valence electrons. The van der Waals surface area contributed by atoms with E-state index in [1.54, 1.807) is 4.68 Å². The molecule has 0 aliphatic carbocycles. The molecule has 2 saturated heterocycles. The first-order valence-electron chi connectivity index (χ1n) is 15.6. The van der Waals surface area contributed by atoms with Crippen LogP contribution in [-0.2, 0) is 44.9 Å². The maximum atomic E-state index is 14.0. The number of thioether (sulfide) groups is 1. The van der Waals surface area contributed by atoms with Crippen LogP contribution in [0.3, 0.4) is 0 Å². The smallest absolute Gasteiger partial charge is 0.361 e. The molecule has 15 heteroatoms. The molecule has 2 aromatic rings. The van der Waals surface area contributed by atoms with Gasteiger partial charge < -0.3 is 20.9 Å². The van der Waals surface area contributed by atoms with Gasteiger partial charge in [0.15, 0.2) is 5.78 Å². The van der Waals surface area contributed by atoms with Crippen molar-refractivity contribution in [3.05, 3.63) is 35.0 Å². The first-order chi connectivity index (χ1) is 21.9. The molecule has 46 heavy (non-hydrogen) atoms. The highest BCUT2D eigenvalue weighted by Gasteiger charge is 2.35. The Morgan fingerprint density at radius 3 is 2.39 bits per heavy atom.